The highest BCUT2D eigenvalue weighted by Crippen LogP contribution is 2.33. The van der Waals surface area contributed by atoms with Crippen LogP contribution in [0, 0.1) is 0 Å². The van der Waals surface area contributed by atoms with Crippen LogP contribution in [0.4, 0.5) is 0 Å². The molecule has 0 saturated heterocycles. The van der Waals surface area contributed by atoms with Crippen LogP contribution in [0.1, 0.15) is 84.5 Å². The van der Waals surface area contributed by atoms with Crippen LogP contribution in [0.3, 0.4) is 0 Å². The lowest BCUT2D eigenvalue weighted by molar-refractivity contribution is -0.149. The largest absolute Gasteiger partial charge is 0.368 e. The number of rotatable bonds is 9. The number of ether oxygens (including phenoxy) is 1. The maximum atomic E-state index is 12.4. The molecule has 1 aliphatic rings. The van der Waals surface area contributed by atoms with E-state index in [2.05, 4.69) is 6.92 Å². The topological polar surface area (TPSA) is 26.3 Å². The van der Waals surface area contributed by atoms with Crippen LogP contribution in [0.2, 0.25) is 0 Å². The van der Waals surface area contributed by atoms with E-state index in [1.165, 1.54) is 32.1 Å². The summed E-state index contributed by atoms with van der Waals surface area (Å²) in [6, 6.07) is 0. The minimum atomic E-state index is -0.405. The molecule has 2 heteroatoms. The van der Waals surface area contributed by atoms with Gasteiger partial charge in [-0.25, -0.2) is 0 Å². The second-order valence-electron chi connectivity index (χ2n) is 5.58. The van der Waals surface area contributed by atoms with Crippen molar-refractivity contribution >= 4 is 5.78 Å². The maximum absolute atomic E-state index is 12.4. The SMILES string of the molecule is CCCCCCCC(=O)C1(OCC)CCCCC1. The second-order valence-corrected chi connectivity index (χ2v) is 5.58. The maximum Gasteiger partial charge on any atom is 0.164 e. The third-order valence-corrected chi connectivity index (χ3v) is 4.10. The van der Waals surface area contributed by atoms with Crippen LogP contribution in [-0.4, -0.2) is 18.0 Å². The Kier molecular flexibility index (Phi) is 7.57. The molecule has 0 amide bonds. The fourth-order valence-electron chi connectivity index (χ4n) is 3.02. The van der Waals surface area contributed by atoms with Crippen LogP contribution in [-0.2, 0) is 9.53 Å². The second kappa shape index (κ2) is 8.68. The van der Waals surface area contributed by atoms with Crippen LogP contribution in [0.25, 0.3) is 0 Å². The summed E-state index contributed by atoms with van der Waals surface area (Å²) < 4.78 is 5.86. The predicted molar refractivity (Wildman–Crippen MR) is 75.8 cm³/mol. The van der Waals surface area contributed by atoms with Gasteiger partial charge in [-0.1, -0.05) is 51.9 Å². The molecule has 0 aliphatic heterocycles. The molecule has 0 heterocycles. The number of unbranched alkanes of at least 4 members (excludes halogenated alkanes) is 4. The van der Waals surface area contributed by atoms with Gasteiger partial charge in [0, 0.05) is 13.0 Å². The van der Waals surface area contributed by atoms with E-state index in [9.17, 15) is 4.79 Å². The Morgan fingerprint density at radius 2 is 1.67 bits per heavy atom. The molecule has 0 aromatic carbocycles. The van der Waals surface area contributed by atoms with Crippen molar-refractivity contribution < 1.29 is 9.53 Å². The molecule has 1 saturated carbocycles. The Labute approximate surface area is 112 Å². The molecule has 0 radical (unpaired) electrons. The Bertz CT molecular complexity index is 224. The number of carbonyl (C=O) groups is 1. The zero-order chi connectivity index (χ0) is 13.3. The highest BCUT2D eigenvalue weighted by Gasteiger charge is 2.39. The summed E-state index contributed by atoms with van der Waals surface area (Å²) in [6.45, 7) is 4.89. The first-order valence-electron chi connectivity index (χ1n) is 7.92. The smallest absolute Gasteiger partial charge is 0.164 e. The van der Waals surface area contributed by atoms with Gasteiger partial charge in [0.05, 0.1) is 0 Å². The van der Waals surface area contributed by atoms with Crippen molar-refractivity contribution in [2.75, 3.05) is 6.61 Å². The van der Waals surface area contributed by atoms with E-state index >= 15 is 0 Å². The summed E-state index contributed by atoms with van der Waals surface area (Å²) in [4.78, 5) is 12.4. The van der Waals surface area contributed by atoms with E-state index in [0.717, 1.165) is 38.5 Å². The monoisotopic (exact) mass is 254 g/mol. The molecule has 106 valence electrons. The molecule has 0 spiro atoms. The van der Waals surface area contributed by atoms with Crippen molar-refractivity contribution in [3.63, 3.8) is 0 Å². The molecule has 0 aromatic heterocycles. The minimum absolute atomic E-state index is 0.376. The summed E-state index contributed by atoms with van der Waals surface area (Å²) in [5, 5.41) is 0. The van der Waals surface area contributed by atoms with Crippen molar-refractivity contribution in [2.24, 2.45) is 0 Å². The molecule has 0 bridgehead atoms. The van der Waals surface area contributed by atoms with E-state index in [1.807, 2.05) is 6.92 Å². The van der Waals surface area contributed by atoms with Gasteiger partial charge in [0.25, 0.3) is 0 Å². The zero-order valence-corrected chi connectivity index (χ0v) is 12.3. The first-order valence-corrected chi connectivity index (χ1v) is 7.92. The Balaban J connectivity index is 2.35. The summed E-state index contributed by atoms with van der Waals surface area (Å²) in [5.74, 6) is 0.376. The number of ketones is 1. The fraction of sp³-hybridized carbons (Fsp3) is 0.938. The van der Waals surface area contributed by atoms with Gasteiger partial charge >= 0.3 is 0 Å². The highest BCUT2D eigenvalue weighted by molar-refractivity contribution is 5.87. The molecule has 0 aromatic rings. The normalized spacial score (nSPS) is 18.8. The fourth-order valence-corrected chi connectivity index (χ4v) is 3.02. The lowest BCUT2D eigenvalue weighted by Gasteiger charge is -2.35. The Hall–Kier alpha value is -0.370. The number of Topliss-reactive ketones (excluding diaryl/α,β-unsaturated/α-hetero) is 1. The van der Waals surface area contributed by atoms with Crippen molar-refractivity contribution in [3.05, 3.63) is 0 Å². The van der Waals surface area contributed by atoms with Crippen LogP contribution >= 0.6 is 0 Å². The molecule has 0 N–H and O–H groups in total. The highest BCUT2D eigenvalue weighted by atomic mass is 16.5. The molecule has 0 atom stereocenters. The standard InChI is InChI=1S/C16H30O2/c1-3-5-6-7-9-12-15(17)16(18-4-2)13-10-8-11-14-16/h3-14H2,1-2H3. The summed E-state index contributed by atoms with van der Waals surface area (Å²) in [5.41, 5.74) is -0.405. The van der Waals surface area contributed by atoms with Gasteiger partial charge in [0.15, 0.2) is 5.78 Å². The molecule has 1 rings (SSSR count). The van der Waals surface area contributed by atoms with E-state index in [0.29, 0.717) is 12.4 Å². The third kappa shape index (κ3) is 4.72. The van der Waals surface area contributed by atoms with E-state index in [4.69, 9.17) is 4.74 Å². The van der Waals surface area contributed by atoms with Gasteiger partial charge in [-0.05, 0) is 26.2 Å². The number of hydrogen-bond acceptors (Lipinski definition) is 2. The van der Waals surface area contributed by atoms with E-state index in [-0.39, 0.29) is 0 Å². The van der Waals surface area contributed by atoms with Gasteiger partial charge in [-0.3, -0.25) is 4.79 Å². The molecule has 1 aliphatic carbocycles. The van der Waals surface area contributed by atoms with Gasteiger partial charge in [0.1, 0.15) is 5.60 Å². The van der Waals surface area contributed by atoms with E-state index in [1.54, 1.807) is 0 Å². The average Bonchev–Trinajstić information content (AvgIpc) is 2.39. The first-order chi connectivity index (χ1) is 8.75. The molecular weight excluding hydrogens is 224 g/mol. The van der Waals surface area contributed by atoms with Crippen molar-refractivity contribution in [1.82, 2.24) is 0 Å². The Morgan fingerprint density at radius 3 is 2.28 bits per heavy atom. The number of hydrogen-bond donors (Lipinski definition) is 0. The van der Waals surface area contributed by atoms with Gasteiger partial charge in [0.2, 0.25) is 0 Å². The van der Waals surface area contributed by atoms with Gasteiger partial charge < -0.3 is 4.74 Å². The first kappa shape index (κ1) is 15.7. The lowest BCUT2D eigenvalue weighted by Crippen LogP contribution is -2.43. The molecule has 2 nitrogen and oxygen atoms in total. The molecule has 1 fully saturated rings. The summed E-state index contributed by atoms with van der Waals surface area (Å²) in [7, 11) is 0. The van der Waals surface area contributed by atoms with Gasteiger partial charge in [-0.15, -0.1) is 0 Å². The molecule has 0 unspecified atom stereocenters. The van der Waals surface area contributed by atoms with Crippen molar-refractivity contribution in [3.8, 4) is 0 Å². The minimum Gasteiger partial charge on any atom is -0.368 e. The quantitative estimate of drug-likeness (QED) is 0.560. The van der Waals surface area contributed by atoms with Crippen LogP contribution in [0.5, 0.6) is 0 Å². The van der Waals surface area contributed by atoms with Crippen molar-refractivity contribution in [1.29, 1.82) is 0 Å². The Morgan fingerprint density at radius 1 is 1.00 bits per heavy atom. The molecular formula is C16H30O2. The zero-order valence-electron chi connectivity index (χ0n) is 12.3. The van der Waals surface area contributed by atoms with E-state index < -0.39 is 5.60 Å². The predicted octanol–water partition coefficient (Wildman–Crippen LogP) is 4.66. The molecule has 18 heavy (non-hydrogen) atoms. The van der Waals surface area contributed by atoms with Crippen molar-refractivity contribution in [2.45, 2.75) is 90.1 Å². The summed E-state index contributed by atoms with van der Waals surface area (Å²) >= 11 is 0. The van der Waals surface area contributed by atoms with Crippen LogP contribution < -0.4 is 0 Å². The summed E-state index contributed by atoms with van der Waals surface area (Å²) in [6.07, 6.45) is 12.3. The van der Waals surface area contributed by atoms with Gasteiger partial charge in [-0.2, -0.15) is 0 Å². The third-order valence-electron chi connectivity index (χ3n) is 4.10. The number of carbonyl (C=O) groups excluding carboxylic acids is 1. The van der Waals surface area contributed by atoms with Crippen LogP contribution in [0.15, 0.2) is 0 Å². The lowest BCUT2D eigenvalue weighted by atomic mass is 9.80. The average molecular weight is 254 g/mol.